The van der Waals surface area contributed by atoms with Gasteiger partial charge in [-0.2, -0.15) is 17.5 Å². The van der Waals surface area contributed by atoms with Gasteiger partial charge in [0, 0.05) is 18.8 Å². The molecule has 1 aliphatic rings. The van der Waals surface area contributed by atoms with Gasteiger partial charge in [0.15, 0.2) is 0 Å². The van der Waals surface area contributed by atoms with E-state index in [4.69, 9.17) is 0 Å². The van der Waals surface area contributed by atoms with Crippen LogP contribution in [0.5, 0.6) is 0 Å². The molecule has 3 rings (SSSR count). The lowest BCUT2D eigenvalue weighted by molar-refractivity contribution is -0.137. The van der Waals surface area contributed by atoms with Crippen LogP contribution in [0.15, 0.2) is 53.4 Å². The van der Waals surface area contributed by atoms with Crippen LogP contribution in [0.2, 0.25) is 0 Å². The van der Waals surface area contributed by atoms with Crippen molar-refractivity contribution in [1.82, 2.24) is 4.31 Å². The highest BCUT2D eigenvalue weighted by Gasteiger charge is 2.40. The summed E-state index contributed by atoms with van der Waals surface area (Å²) in [5.41, 5.74) is 0.136. The average molecular weight is 412 g/mol. The molecule has 28 heavy (non-hydrogen) atoms. The molecule has 0 bridgehead atoms. The first-order chi connectivity index (χ1) is 13.0. The summed E-state index contributed by atoms with van der Waals surface area (Å²) in [5.74, 6) is -0.568. The maximum atomic E-state index is 13.0. The number of sulfonamides is 1. The Labute approximate surface area is 161 Å². The summed E-state index contributed by atoms with van der Waals surface area (Å²) in [7, 11) is -3.89. The smallest absolute Gasteiger partial charge is 0.310 e. The number of piperazine rings is 1. The Bertz CT molecular complexity index is 988. The Morgan fingerprint density at radius 3 is 2.29 bits per heavy atom. The van der Waals surface area contributed by atoms with Gasteiger partial charge in [0.2, 0.25) is 15.9 Å². The predicted octanol–water partition coefficient (Wildman–Crippen LogP) is 3.44. The van der Waals surface area contributed by atoms with E-state index < -0.39 is 33.7 Å². The van der Waals surface area contributed by atoms with Gasteiger partial charge in [0.1, 0.15) is 6.04 Å². The number of benzene rings is 2. The van der Waals surface area contributed by atoms with Crippen molar-refractivity contribution >= 4 is 21.6 Å². The number of carbonyl (C=O) groups is 1. The monoisotopic (exact) mass is 412 g/mol. The summed E-state index contributed by atoms with van der Waals surface area (Å²) in [6.07, 6.45) is -4.53. The van der Waals surface area contributed by atoms with Gasteiger partial charge in [-0.3, -0.25) is 4.79 Å². The van der Waals surface area contributed by atoms with Crippen LogP contribution >= 0.6 is 0 Å². The molecular formula is C19H19F3N2O3S. The van der Waals surface area contributed by atoms with Crippen molar-refractivity contribution in [3.8, 4) is 0 Å². The third kappa shape index (κ3) is 3.77. The first kappa shape index (κ1) is 20.3. The van der Waals surface area contributed by atoms with Crippen LogP contribution in [0, 0.1) is 6.92 Å². The number of nitrogens with zero attached hydrogens (tertiary/aromatic N) is 2. The number of aryl methyl sites for hydroxylation is 1. The van der Waals surface area contributed by atoms with Gasteiger partial charge in [0.05, 0.1) is 10.5 Å². The predicted molar refractivity (Wildman–Crippen MR) is 98.3 cm³/mol. The fourth-order valence-electron chi connectivity index (χ4n) is 3.13. The Balaban J connectivity index is 1.87. The van der Waals surface area contributed by atoms with Crippen LogP contribution < -0.4 is 4.90 Å². The summed E-state index contributed by atoms with van der Waals surface area (Å²) in [5, 5.41) is 0. The number of halogens is 3. The summed E-state index contributed by atoms with van der Waals surface area (Å²) in [6.45, 7) is 3.22. The fraction of sp³-hybridized carbons (Fsp3) is 0.316. The van der Waals surface area contributed by atoms with Crippen LogP contribution in [0.4, 0.5) is 18.9 Å². The van der Waals surface area contributed by atoms with Gasteiger partial charge in [-0.1, -0.05) is 23.8 Å². The molecule has 0 unspecified atom stereocenters. The molecular weight excluding hydrogens is 393 g/mol. The zero-order valence-electron chi connectivity index (χ0n) is 15.3. The van der Waals surface area contributed by atoms with E-state index in [1.54, 1.807) is 12.1 Å². The lowest BCUT2D eigenvalue weighted by Gasteiger charge is -2.38. The molecule has 0 aromatic heterocycles. The Kier molecular flexibility index (Phi) is 5.24. The van der Waals surface area contributed by atoms with Crippen molar-refractivity contribution in [1.29, 1.82) is 0 Å². The second-order valence-electron chi connectivity index (χ2n) is 6.64. The molecule has 1 heterocycles. The molecule has 0 aliphatic carbocycles. The maximum Gasteiger partial charge on any atom is 0.416 e. The van der Waals surface area contributed by atoms with Gasteiger partial charge < -0.3 is 4.90 Å². The Hall–Kier alpha value is -2.39. The molecule has 2 aromatic carbocycles. The Morgan fingerprint density at radius 2 is 1.68 bits per heavy atom. The molecule has 5 nitrogen and oxygen atoms in total. The molecule has 1 fully saturated rings. The molecule has 1 atom stereocenters. The molecule has 1 amide bonds. The molecule has 0 radical (unpaired) electrons. The van der Waals surface area contributed by atoms with Crippen molar-refractivity contribution < 1.29 is 26.4 Å². The van der Waals surface area contributed by atoms with Gasteiger partial charge in [-0.25, -0.2) is 8.42 Å². The van der Waals surface area contributed by atoms with Crippen LogP contribution in [-0.2, 0) is 21.0 Å². The maximum absolute atomic E-state index is 13.0. The van der Waals surface area contributed by atoms with Crippen LogP contribution in [0.25, 0.3) is 0 Å². The quantitative estimate of drug-likeness (QED) is 0.776. The highest BCUT2D eigenvalue weighted by molar-refractivity contribution is 7.89. The highest BCUT2D eigenvalue weighted by atomic mass is 32.2. The van der Waals surface area contributed by atoms with E-state index in [1.807, 2.05) is 6.92 Å². The number of anilines is 1. The third-order valence-corrected chi connectivity index (χ3v) is 6.70. The number of rotatable bonds is 3. The SMILES string of the molecule is Cc1ccc(S(=O)(=O)N2CCN(c3cccc(C(F)(F)F)c3)C(=O)[C@@H]2C)cc1. The molecule has 0 saturated carbocycles. The van der Waals surface area contributed by atoms with E-state index in [9.17, 15) is 26.4 Å². The van der Waals surface area contributed by atoms with Gasteiger partial charge in [-0.05, 0) is 44.2 Å². The molecule has 0 N–H and O–H groups in total. The highest BCUT2D eigenvalue weighted by Crippen LogP contribution is 2.33. The normalized spacial score (nSPS) is 19.1. The van der Waals surface area contributed by atoms with Crippen molar-refractivity contribution in [3.63, 3.8) is 0 Å². The largest absolute Gasteiger partial charge is 0.416 e. The van der Waals surface area contributed by atoms with Crippen molar-refractivity contribution in [2.45, 2.75) is 31.0 Å². The first-order valence-electron chi connectivity index (χ1n) is 8.59. The number of alkyl halides is 3. The first-order valence-corrected chi connectivity index (χ1v) is 10.0. The minimum atomic E-state index is -4.53. The van der Waals surface area contributed by atoms with E-state index in [1.165, 1.54) is 36.1 Å². The van der Waals surface area contributed by atoms with Crippen molar-refractivity contribution in [3.05, 3.63) is 59.7 Å². The Morgan fingerprint density at radius 1 is 1.04 bits per heavy atom. The molecule has 2 aromatic rings. The van der Waals surface area contributed by atoms with E-state index in [0.717, 1.165) is 22.0 Å². The summed E-state index contributed by atoms with van der Waals surface area (Å²) >= 11 is 0. The zero-order valence-corrected chi connectivity index (χ0v) is 16.1. The van der Waals surface area contributed by atoms with Crippen LogP contribution in [0.3, 0.4) is 0 Å². The second-order valence-corrected chi connectivity index (χ2v) is 8.53. The van der Waals surface area contributed by atoms with Gasteiger partial charge in [0.25, 0.3) is 0 Å². The van der Waals surface area contributed by atoms with Crippen LogP contribution in [-0.4, -0.2) is 37.8 Å². The molecule has 1 aliphatic heterocycles. The standard InChI is InChI=1S/C19H19F3N2O3S/c1-13-6-8-17(9-7-13)28(26,27)24-11-10-23(18(25)14(24)2)16-5-3-4-15(12-16)19(20,21)22/h3-9,12,14H,10-11H2,1-2H3/t14-/m0/s1. The van der Waals surface area contributed by atoms with Crippen LogP contribution in [0.1, 0.15) is 18.1 Å². The van der Waals surface area contributed by atoms with Crippen molar-refractivity contribution in [2.24, 2.45) is 0 Å². The minimum absolute atomic E-state index is 0.0145. The number of carbonyl (C=O) groups excluding carboxylic acids is 1. The van der Waals surface area contributed by atoms with E-state index in [-0.39, 0.29) is 23.7 Å². The topological polar surface area (TPSA) is 57.7 Å². The zero-order chi connectivity index (χ0) is 20.7. The summed E-state index contributed by atoms with van der Waals surface area (Å²) in [6, 6.07) is 9.70. The minimum Gasteiger partial charge on any atom is -0.310 e. The van der Waals surface area contributed by atoms with E-state index >= 15 is 0 Å². The molecule has 9 heteroatoms. The number of amides is 1. The lowest BCUT2D eigenvalue weighted by Crippen LogP contribution is -2.57. The van der Waals surface area contributed by atoms with Gasteiger partial charge >= 0.3 is 6.18 Å². The molecule has 150 valence electrons. The average Bonchev–Trinajstić information content (AvgIpc) is 2.63. The number of hydrogen-bond acceptors (Lipinski definition) is 3. The fourth-order valence-corrected chi connectivity index (χ4v) is 4.71. The van der Waals surface area contributed by atoms with E-state index in [2.05, 4.69) is 0 Å². The molecule has 1 saturated heterocycles. The summed E-state index contributed by atoms with van der Waals surface area (Å²) < 4.78 is 65.7. The summed E-state index contributed by atoms with van der Waals surface area (Å²) in [4.78, 5) is 14.0. The second kappa shape index (κ2) is 7.21. The molecule has 0 spiro atoms. The van der Waals surface area contributed by atoms with Crippen molar-refractivity contribution in [2.75, 3.05) is 18.0 Å². The lowest BCUT2D eigenvalue weighted by atomic mass is 10.1. The number of hydrogen-bond donors (Lipinski definition) is 0. The van der Waals surface area contributed by atoms with Gasteiger partial charge in [-0.15, -0.1) is 0 Å². The van der Waals surface area contributed by atoms with E-state index in [0.29, 0.717) is 0 Å². The third-order valence-electron chi connectivity index (χ3n) is 4.71.